The van der Waals surface area contributed by atoms with Crippen molar-refractivity contribution in [2.45, 2.75) is 39.2 Å². The van der Waals surface area contributed by atoms with E-state index in [1.54, 1.807) is 12.1 Å². The predicted octanol–water partition coefficient (Wildman–Crippen LogP) is 6.78. The molecule has 0 aliphatic heterocycles. The van der Waals surface area contributed by atoms with Crippen molar-refractivity contribution in [3.63, 3.8) is 0 Å². The van der Waals surface area contributed by atoms with E-state index in [1.165, 1.54) is 12.1 Å². The summed E-state index contributed by atoms with van der Waals surface area (Å²) in [5.41, 5.74) is 5.02. The van der Waals surface area contributed by atoms with E-state index in [-0.39, 0.29) is 5.82 Å². The quantitative estimate of drug-likeness (QED) is 0.153. The van der Waals surface area contributed by atoms with Gasteiger partial charge in [-0.3, -0.25) is 0 Å². The van der Waals surface area contributed by atoms with Gasteiger partial charge in [0.25, 0.3) is 0 Å². The summed E-state index contributed by atoms with van der Waals surface area (Å²) in [4.78, 5) is 0. The molecule has 0 amide bonds. The normalized spacial score (nSPS) is 10.9. The Morgan fingerprint density at radius 1 is 0.732 bits per heavy atom. The molecule has 5 rings (SSSR count). The minimum atomic E-state index is -0.270. The largest absolute Gasteiger partial charge is 0.493 e. The molecule has 0 saturated heterocycles. The van der Waals surface area contributed by atoms with Crippen LogP contribution in [-0.2, 0) is 25.9 Å². The Labute approximate surface area is 239 Å². The topological polar surface area (TPSA) is 82.1 Å². The maximum atomic E-state index is 13.6. The molecule has 0 unspecified atom stereocenters. The fourth-order valence-electron chi connectivity index (χ4n) is 4.54. The highest BCUT2D eigenvalue weighted by atomic mass is 19.1. The van der Waals surface area contributed by atoms with E-state index in [0.29, 0.717) is 44.2 Å². The maximum Gasteiger partial charge on any atom is 0.174 e. The van der Waals surface area contributed by atoms with Gasteiger partial charge in [0.1, 0.15) is 29.7 Å². The van der Waals surface area contributed by atoms with Gasteiger partial charge in [-0.1, -0.05) is 72.8 Å². The van der Waals surface area contributed by atoms with Crippen LogP contribution in [-0.4, -0.2) is 33.8 Å². The first-order chi connectivity index (χ1) is 20.2. The number of aryl methyl sites for hydroxylation is 3. The van der Waals surface area contributed by atoms with E-state index in [9.17, 15) is 4.39 Å². The van der Waals surface area contributed by atoms with E-state index < -0.39 is 0 Å². The molecule has 5 aromatic rings. The fourth-order valence-corrected chi connectivity index (χ4v) is 4.54. The second kappa shape index (κ2) is 14.1. The first kappa shape index (κ1) is 27.8. The van der Waals surface area contributed by atoms with Gasteiger partial charge in [-0.2, -0.15) is 5.21 Å². The Kier molecular flexibility index (Phi) is 9.55. The third-order valence-corrected chi connectivity index (χ3v) is 6.72. The molecule has 8 heteroatoms. The number of para-hydroxylation sites is 1. The lowest BCUT2D eigenvalue weighted by molar-refractivity contribution is 0.243. The van der Waals surface area contributed by atoms with E-state index >= 15 is 0 Å². The van der Waals surface area contributed by atoms with Crippen molar-refractivity contribution >= 4 is 0 Å². The molecule has 1 heterocycles. The first-order valence-corrected chi connectivity index (χ1v) is 13.8. The van der Waals surface area contributed by atoms with E-state index in [2.05, 4.69) is 39.7 Å². The van der Waals surface area contributed by atoms with E-state index in [1.807, 2.05) is 54.6 Å². The Bertz CT molecular complexity index is 1510. The molecule has 0 atom stereocenters. The van der Waals surface area contributed by atoms with Crippen molar-refractivity contribution in [2.24, 2.45) is 0 Å². The van der Waals surface area contributed by atoms with E-state index in [0.717, 1.165) is 52.2 Å². The summed E-state index contributed by atoms with van der Waals surface area (Å²) in [6.07, 6.45) is 2.94. The van der Waals surface area contributed by atoms with Gasteiger partial charge < -0.3 is 14.2 Å². The average Bonchev–Trinajstić information content (AvgIpc) is 3.54. The van der Waals surface area contributed by atoms with Crippen LogP contribution in [0.5, 0.6) is 17.2 Å². The summed E-state index contributed by atoms with van der Waals surface area (Å²) < 4.78 is 32.3. The third kappa shape index (κ3) is 7.69. The molecular weight excluding hydrogens is 519 g/mol. The zero-order chi connectivity index (χ0) is 28.3. The lowest BCUT2D eigenvalue weighted by Crippen LogP contribution is -2.08. The lowest BCUT2D eigenvalue weighted by Gasteiger charge is -2.18. The molecule has 210 valence electrons. The summed E-state index contributed by atoms with van der Waals surface area (Å²) in [7, 11) is 0. The van der Waals surface area contributed by atoms with Crippen LogP contribution in [0.15, 0.2) is 91.0 Å². The zero-order valence-electron chi connectivity index (χ0n) is 23.1. The fraction of sp³-hybridized carbons (Fsp3) is 0.242. The molecular formula is C33H33FN4O3. The van der Waals surface area contributed by atoms with Crippen molar-refractivity contribution in [2.75, 3.05) is 13.2 Å². The minimum Gasteiger partial charge on any atom is -0.493 e. The number of ether oxygens (including phenoxy) is 3. The third-order valence-electron chi connectivity index (χ3n) is 6.72. The SMILES string of the molecule is CCc1cc(-c2ccc(F)cc2)c(OCc2ccccc2)cc1OCCCOc1ccccc1CCc1nn[nH]n1. The average molecular weight is 553 g/mol. The molecule has 0 aliphatic carbocycles. The summed E-state index contributed by atoms with van der Waals surface area (Å²) >= 11 is 0. The minimum absolute atomic E-state index is 0.270. The Hall–Kier alpha value is -4.72. The summed E-state index contributed by atoms with van der Waals surface area (Å²) in [5, 5.41) is 14.1. The van der Waals surface area contributed by atoms with Gasteiger partial charge in [0, 0.05) is 24.5 Å². The lowest BCUT2D eigenvalue weighted by atomic mass is 10.00. The van der Waals surface area contributed by atoms with Crippen LogP contribution in [0.1, 0.15) is 35.9 Å². The number of hydrogen-bond donors (Lipinski definition) is 1. The highest BCUT2D eigenvalue weighted by Crippen LogP contribution is 2.37. The van der Waals surface area contributed by atoms with Crippen LogP contribution in [0.4, 0.5) is 4.39 Å². The van der Waals surface area contributed by atoms with Gasteiger partial charge in [-0.25, -0.2) is 4.39 Å². The number of halogens is 1. The molecule has 0 spiro atoms. The first-order valence-electron chi connectivity index (χ1n) is 13.8. The van der Waals surface area contributed by atoms with Gasteiger partial charge in [-0.15, -0.1) is 10.2 Å². The highest BCUT2D eigenvalue weighted by Gasteiger charge is 2.14. The molecule has 4 aromatic carbocycles. The Balaban J connectivity index is 1.23. The van der Waals surface area contributed by atoms with Crippen LogP contribution >= 0.6 is 0 Å². The van der Waals surface area contributed by atoms with Gasteiger partial charge in [0.15, 0.2) is 5.82 Å². The maximum absolute atomic E-state index is 13.6. The number of nitrogens with zero attached hydrogens (tertiary/aromatic N) is 3. The molecule has 7 nitrogen and oxygen atoms in total. The number of rotatable bonds is 14. The number of H-pyrrole nitrogens is 1. The zero-order valence-corrected chi connectivity index (χ0v) is 23.1. The Morgan fingerprint density at radius 2 is 1.49 bits per heavy atom. The van der Waals surface area contributed by atoms with E-state index in [4.69, 9.17) is 14.2 Å². The predicted molar refractivity (Wildman–Crippen MR) is 156 cm³/mol. The molecule has 0 aliphatic rings. The van der Waals surface area contributed by atoms with Crippen molar-refractivity contribution in [1.82, 2.24) is 20.6 Å². The molecule has 0 saturated carbocycles. The van der Waals surface area contributed by atoms with Crippen LogP contribution in [0.25, 0.3) is 11.1 Å². The number of aromatic nitrogens is 4. The van der Waals surface area contributed by atoms with Crippen LogP contribution in [0.3, 0.4) is 0 Å². The second-order valence-corrected chi connectivity index (χ2v) is 9.58. The second-order valence-electron chi connectivity index (χ2n) is 9.58. The summed E-state index contributed by atoms with van der Waals surface area (Å²) in [6, 6.07) is 28.5. The van der Waals surface area contributed by atoms with Crippen molar-refractivity contribution in [3.8, 4) is 28.4 Å². The Morgan fingerprint density at radius 3 is 2.24 bits per heavy atom. The van der Waals surface area contributed by atoms with Gasteiger partial charge >= 0.3 is 0 Å². The monoisotopic (exact) mass is 552 g/mol. The van der Waals surface area contributed by atoms with Crippen molar-refractivity contribution in [3.05, 3.63) is 119 Å². The van der Waals surface area contributed by atoms with Crippen molar-refractivity contribution < 1.29 is 18.6 Å². The molecule has 41 heavy (non-hydrogen) atoms. The number of nitrogens with one attached hydrogen (secondary N) is 1. The molecule has 0 radical (unpaired) electrons. The van der Waals surface area contributed by atoms with Gasteiger partial charge in [0.2, 0.25) is 0 Å². The standard InChI is InChI=1S/C33H33FN4O3/c1-2-25-21-29(26-13-16-28(34)17-14-26)32(41-23-24-9-4-3-5-10-24)22-31(25)40-20-8-19-39-30-12-7-6-11-27(30)15-18-33-35-37-38-36-33/h3-7,9-14,16-17,21-22H,2,8,15,18-20,23H2,1H3,(H,35,36,37,38). The number of hydrogen-bond acceptors (Lipinski definition) is 6. The summed E-state index contributed by atoms with van der Waals surface area (Å²) in [5.74, 6) is 2.73. The molecule has 0 fully saturated rings. The van der Waals surface area contributed by atoms with Crippen molar-refractivity contribution in [1.29, 1.82) is 0 Å². The van der Waals surface area contributed by atoms with Gasteiger partial charge in [0.05, 0.1) is 13.2 Å². The van der Waals surface area contributed by atoms with Crippen LogP contribution in [0, 0.1) is 5.82 Å². The molecule has 0 bridgehead atoms. The highest BCUT2D eigenvalue weighted by molar-refractivity contribution is 5.73. The molecule has 1 aromatic heterocycles. The van der Waals surface area contributed by atoms with Crippen LogP contribution in [0.2, 0.25) is 0 Å². The van der Waals surface area contributed by atoms with Crippen LogP contribution < -0.4 is 14.2 Å². The number of tetrazole rings is 1. The van der Waals surface area contributed by atoms with Gasteiger partial charge in [-0.05, 0) is 59.4 Å². The number of aromatic amines is 1. The smallest absolute Gasteiger partial charge is 0.174 e. The summed E-state index contributed by atoms with van der Waals surface area (Å²) in [6.45, 7) is 3.52. The molecule has 1 N–H and O–H groups in total. The number of benzene rings is 4.